The predicted octanol–water partition coefficient (Wildman–Crippen LogP) is -0.779. The third-order valence-electron chi connectivity index (χ3n) is 1.35. The van der Waals surface area contributed by atoms with Crippen molar-refractivity contribution in [1.29, 1.82) is 0 Å². The van der Waals surface area contributed by atoms with E-state index in [0.717, 1.165) is 0 Å². The Morgan fingerprint density at radius 3 is 2.45 bits per heavy atom. The summed E-state index contributed by atoms with van der Waals surface area (Å²) in [6, 6.07) is 0. The van der Waals surface area contributed by atoms with E-state index in [-0.39, 0.29) is 5.91 Å². The number of carbonyl (C=O) groups excluding carboxylic acids is 1. The summed E-state index contributed by atoms with van der Waals surface area (Å²) in [5.74, 6) is -0.388. The van der Waals surface area contributed by atoms with E-state index in [1.165, 1.54) is 6.92 Å². The molecule has 0 fully saturated rings. The summed E-state index contributed by atoms with van der Waals surface area (Å²) >= 11 is 0. The molecule has 4 heteroatoms. The van der Waals surface area contributed by atoms with Gasteiger partial charge in [-0.1, -0.05) is 0 Å². The zero-order valence-electron chi connectivity index (χ0n) is 7.22. The summed E-state index contributed by atoms with van der Waals surface area (Å²) in [5, 5.41) is 11.4. The number of carbonyl (C=O) groups is 1. The van der Waals surface area contributed by atoms with Crippen molar-refractivity contribution in [3.63, 3.8) is 0 Å². The minimum absolute atomic E-state index is 0.353. The highest BCUT2D eigenvalue weighted by Crippen LogP contribution is 1.98. The van der Waals surface area contributed by atoms with E-state index in [9.17, 15) is 4.79 Å². The summed E-state index contributed by atoms with van der Waals surface area (Å²) in [6.07, 6.45) is -0.971. The molecular formula is C7H16N2O2. The smallest absolute Gasteiger partial charge is 0.249 e. The van der Waals surface area contributed by atoms with Crippen LogP contribution in [0.2, 0.25) is 0 Å². The van der Waals surface area contributed by atoms with Crippen molar-refractivity contribution in [2.75, 3.05) is 6.54 Å². The Morgan fingerprint density at radius 1 is 1.73 bits per heavy atom. The Kier molecular flexibility index (Phi) is 3.48. The van der Waals surface area contributed by atoms with Crippen LogP contribution < -0.4 is 11.1 Å². The molecule has 11 heavy (non-hydrogen) atoms. The third-order valence-corrected chi connectivity index (χ3v) is 1.35. The number of hydrogen-bond acceptors (Lipinski definition) is 3. The van der Waals surface area contributed by atoms with Crippen molar-refractivity contribution in [3.05, 3.63) is 0 Å². The zero-order valence-corrected chi connectivity index (χ0v) is 7.22. The Labute approximate surface area is 66.8 Å². The van der Waals surface area contributed by atoms with Gasteiger partial charge in [-0.3, -0.25) is 4.79 Å². The maximum atomic E-state index is 10.9. The summed E-state index contributed by atoms with van der Waals surface area (Å²) in [7, 11) is 0. The monoisotopic (exact) mass is 160 g/mol. The molecular weight excluding hydrogens is 144 g/mol. The van der Waals surface area contributed by atoms with Crippen molar-refractivity contribution in [2.24, 2.45) is 5.73 Å². The number of hydrogen-bond donors (Lipinski definition) is 3. The molecule has 1 amide bonds. The van der Waals surface area contributed by atoms with Crippen molar-refractivity contribution < 1.29 is 9.90 Å². The molecule has 0 aliphatic rings. The van der Waals surface area contributed by atoms with Gasteiger partial charge in [0.1, 0.15) is 6.10 Å². The average molecular weight is 160 g/mol. The van der Waals surface area contributed by atoms with Gasteiger partial charge in [-0.05, 0) is 20.8 Å². The first-order valence-electron chi connectivity index (χ1n) is 3.59. The fourth-order valence-electron chi connectivity index (χ4n) is 0.489. The largest absolute Gasteiger partial charge is 0.384 e. The topological polar surface area (TPSA) is 75.3 Å². The molecule has 4 N–H and O–H groups in total. The quantitative estimate of drug-likeness (QED) is 0.507. The second-order valence-corrected chi connectivity index (χ2v) is 3.25. The lowest BCUT2D eigenvalue weighted by atomic mass is 10.1. The summed E-state index contributed by atoms with van der Waals surface area (Å²) in [4.78, 5) is 10.9. The second-order valence-electron chi connectivity index (χ2n) is 3.25. The van der Waals surface area contributed by atoms with E-state index in [4.69, 9.17) is 10.8 Å². The molecule has 0 saturated carbocycles. The van der Waals surface area contributed by atoms with Crippen LogP contribution >= 0.6 is 0 Å². The van der Waals surface area contributed by atoms with Gasteiger partial charge in [0.05, 0.1) is 0 Å². The van der Waals surface area contributed by atoms with E-state index in [1.54, 1.807) is 13.8 Å². The van der Waals surface area contributed by atoms with Crippen LogP contribution in [0, 0.1) is 0 Å². The van der Waals surface area contributed by atoms with E-state index < -0.39 is 11.6 Å². The minimum Gasteiger partial charge on any atom is -0.384 e. The molecule has 0 radical (unpaired) electrons. The Bertz CT molecular complexity index is 143. The van der Waals surface area contributed by atoms with Crippen molar-refractivity contribution in [3.8, 4) is 0 Å². The number of aliphatic hydroxyl groups excluding tert-OH is 1. The zero-order chi connectivity index (χ0) is 9.07. The highest BCUT2D eigenvalue weighted by molar-refractivity contribution is 5.80. The van der Waals surface area contributed by atoms with Crippen LogP contribution in [0.5, 0.6) is 0 Å². The number of nitrogens with one attached hydrogen (secondary N) is 1. The molecule has 0 aromatic carbocycles. The Hall–Kier alpha value is -0.610. The van der Waals surface area contributed by atoms with Gasteiger partial charge in [-0.15, -0.1) is 0 Å². The first-order chi connectivity index (χ1) is 4.89. The van der Waals surface area contributed by atoms with Crippen LogP contribution in [0.1, 0.15) is 20.8 Å². The lowest BCUT2D eigenvalue weighted by Crippen LogP contribution is -2.51. The van der Waals surface area contributed by atoms with Crippen LogP contribution in [0.15, 0.2) is 0 Å². The van der Waals surface area contributed by atoms with Gasteiger partial charge in [0.25, 0.3) is 0 Å². The van der Waals surface area contributed by atoms with Crippen molar-refractivity contribution in [2.45, 2.75) is 32.4 Å². The van der Waals surface area contributed by atoms with Crippen LogP contribution in [0.3, 0.4) is 0 Å². The molecule has 0 bridgehead atoms. The molecule has 0 rings (SSSR count). The van der Waals surface area contributed by atoms with Gasteiger partial charge in [0.15, 0.2) is 0 Å². The molecule has 0 aromatic heterocycles. The van der Waals surface area contributed by atoms with Gasteiger partial charge in [-0.25, -0.2) is 0 Å². The van der Waals surface area contributed by atoms with Gasteiger partial charge >= 0.3 is 0 Å². The second kappa shape index (κ2) is 3.69. The standard InChI is InChI=1S/C7H16N2O2/c1-5(10)6(11)9-7(2,3)4-8/h5,10H,4,8H2,1-3H3,(H,9,11). The predicted molar refractivity (Wildman–Crippen MR) is 43.0 cm³/mol. The summed E-state index contributed by atoms with van der Waals surface area (Å²) < 4.78 is 0. The number of nitrogens with two attached hydrogens (primary N) is 1. The Morgan fingerprint density at radius 2 is 2.18 bits per heavy atom. The van der Waals surface area contributed by atoms with Gasteiger partial charge in [0, 0.05) is 12.1 Å². The lowest BCUT2D eigenvalue weighted by Gasteiger charge is -2.24. The van der Waals surface area contributed by atoms with Crippen LogP contribution in [-0.4, -0.2) is 29.2 Å². The molecule has 0 spiro atoms. The van der Waals surface area contributed by atoms with Crippen LogP contribution in [-0.2, 0) is 4.79 Å². The summed E-state index contributed by atoms with van der Waals surface area (Å²) in [6.45, 7) is 5.37. The van der Waals surface area contributed by atoms with Gasteiger partial charge < -0.3 is 16.2 Å². The highest BCUT2D eigenvalue weighted by Gasteiger charge is 2.20. The SMILES string of the molecule is CC(O)C(=O)NC(C)(C)CN. The highest BCUT2D eigenvalue weighted by atomic mass is 16.3. The number of rotatable bonds is 3. The van der Waals surface area contributed by atoms with E-state index in [1.807, 2.05) is 0 Å². The van der Waals surface area contributed by atoms with E-state index in [2.05, 4.69) is 5.32 Å². The average Bonchev–Trinajstić information content (AvgIpc) is 1.87. The van der Waals surface area contributed by atoms with E-state index in [0.29, 0.717) is 6.54 Å². The van der Waals surface area contributed by atoms with Gasteiger partial charge in [0.2, 0.25) is 5.91 Å². The first kappa shape index (κ1) is 10.4. The van der Waals surface area contributed by atoms with Crippen LogP contribution in [0.4, 0.5) is 0 Å². The van der Waals surface area contributed by atoms with Crippen LogP contribution in [0.25, 0.3) is 0 Å². The molecule has 0 heterocycles. The number of amides is 1. The maximum absolute atomic E-state index is 10.9. The molecule has 0 saturated heterocycles. The van der Waals surface area contributed by atoms with E-state index >= 15 is 0 Å². The normalized spacial score (nSPS) is 14.3. The molecule has 1 unspecified atom stereocenters. The minimum atomic E-state index is -0.971. The van der Waals surface area contributed by atoms with Crippen molar-refractivity contribution in [1.82, 2.24) is 5.32 Å². The third kappa shape index (κ3) is 3.95. The molecule has 0 aromatic rings. The Balaban J connectivity index is 3.94. The molecule has 4 nitrogen and oxygen atoms in total. The molecule has 0 aliphatic heterocycles. The fourth-order valence-corrected chi connectivity index (χ4v) is 0.489. The molecule has 0 aliphatic carbocycles. The van der Waals surface area contributed by atoms with Crippen molar-refractivity contribution >= 4 is 5.91 Å². The molecule has 1 atom stereocenters. The molecule has 66 valence electrons. The maximum Gasteiger partial charge on any atom is 0.249 e. The van der Waals surface area contributed by atoms with Gasteiger partial charge in [-0.2, -0.15) is 0 Å². The fraction of sp³-hybridized carbons (Fsp3) is 0.857. The number of aliphatic hydroxyl groups is 1. The first-order valence-corrected chi connectivity index (χ1v) is 3.59. The lowest BCUT2D eigenvalue weighted by molar-refractivity contribution is -0.130. The summed E-state index contributed by atoms with van der Waals surface area (Å²) in [5.41, 5.74) is 4.92.